The van der Waals surface area contributed by atoms with Crippen LogP contribution in [0.5, 0.6) is 5.75 Å². The van der Waals surface area contributed by atoms with Crippen LogP contribution in [0.3, 0.4) is 0 Å². The third-order valence-electron chi connectivity index (χ3n) is 5.55. The molecule has 0 N–H and O–H groups in total. The Morgan fingerprint density at radius 1 is 0.903 bits per heavy atom. The molecule has 4 rings (SSSR count). The Morgan fingerprint density at radius 3 is 2.35 bits per heavy atom. The monoisotopic (exact) mass is 434 g/mol. The van der Waals surface area contributed by atoms with Crippen LogP contribution in [0.1, 0.15) is 27.0 Å². The van der Waals surface area contributed by atoms with Gasteiger partial charge in [-0.3, -0.25) is 9.69 Å². The lowest BCUT2D eigenvalue weighted by molar-refractivity contribution is 0.0628. The van der Waals surface area contributed by atoms with Gasteiger partial charge < -0.3 is 9.64 Å². The van der Waals surface area contributed by atoms with Crippen LogP contribution in [0.2, 0.25) is 5.02 Å². The van der Waals surface area contributed by atoms with Crippen molar-refractivity contribution in [2.45, 2.75) is 20.1 Å². The number of halogens is 1. The van der Waals surface area contributed by atoms with Gasteiger partial charge in [0.1, 0.15) is 12.4 Å². The lowest BCUT2D eigenvalue weighted by Gasteiger charge is -2.34. The number of benzene rings is 3. The molecular formula is C26H27ClN2O2. The van der Waals surface area contributed by atoms with Crippen molar-refractivity contribution in [3.63, 3.8) is 0 Å². The summed E-state index contributed by atoms with van der Waals surface area (Å²) >= 11 is 5.99. The standard InChI is InChI=1S/C26H27ClN2O2/c1-20-4-2-5-22(16-20)18-28-12-14-29(15-13-28)26(30)23-10-8-21(9-11-23)19-31-25-7-3-6-24(27)17-25/h2-11,16-17H,12-15,18-19H2,1H3. The first kappa shape index (κ1) is 21.4. The minimum atomic E-state index is 0.0949. The fraction of sp³-hybridized carbons (Fsp3) is 0.269. The van der Waals surface area contributed by atoms with E-state index < -0.39 is 0 Å². The molecule has 1 aliphatic rings. The summed E-state index contributed by atoms with van der Waals surface area (Å²) in [4.78, 5) is 17.3. The molecule has 3 aromatic carbocycles. The topological polar surface area (TPSA) is 32.8 Å². The molecule has 0 aromatic heterocycles. The number of piperazine rings is 1. The van der Waals surface area contributed by atoms with Gasteiger partial charge in [0.25, 0.3) is 5.91 Å². The molecule has 0 bridgehead atoms. The molecule has 0 radical (unpaired) electrons. The highest BCUT2D eigenvalue weighted by molar-refractivity contribution is 6.30. The molecule has 0 unspecified atom stereocenters. The lowest BCUT2D eigenvalue weighted by atomic mass is 10.1. The number of amides is 1. The molecule has 0 atom stereocenters. The van der Waals surface area contributed by atoms with E-state index in [4.69, 9.17) is 16.3 Å². The zero-order chi connectivity index (χ0) is 21.6. The highest BCUT2D eigenvalue weighted by Crippen LogP contribution is 2.19. The largest absolute Gasteiger partial charge is 0.489 e. The fourth-order valence-electron chi connectivity index (χ4n) is 3.83. The minimum Gasteiger partial charge on any atom is -0.489 e. The first-order valence-corrected chi connectivity index (χ1v) is 11.0. The summed E-state index contributed by atoms with van der Waals surface area (Å²) in [6.07, 6.45) is 0. The van der Waals surface area contributed by atoms with E-state index in [0.29, 0.717) is 11.6 Å². The number of aryl methyl sites for hydroxylation is 1. The average molecular weight is 435 g/mol. The van der Waals surface area contributed by atoms with Gasteiger partial charge in [-0.05, 0) is 48.4 Å². The van der Waals surface area contributed by atoms with Crippen molar-refractivity contribution >= 4 is 17.5 Å². The highest BCUT2D eigenvalue weighted by Gasteiger charge is 2.22. The second kappa shape index (κ2) is 9.99. The van der Waals surface area contributed by atoms with Crippen molar-refractivity contribution in [3.05, 3.63) is 100 Å². The summed E-state index contributed by atoms with van der Waals surface area (Å²) in [5.74, 6) is 0.828. The van der Waals surface area contributed by atoms with Crippen molar-refractivity contribution in [2.24, 2.45) is 0 Å². The van der Waals surface area contributed by atoms with Crippen LogP contribution in [0.15, 0.2) is 72.8 Å². The van der Waals surface area contributed by atoms with Gasteiger partial charge in [0.05, 0.1) is 0 Å². The Kier molecular flexibility index (Phi) is 6.90. The third-order valence-corrected chi connectivity index (χ3v) is 5.79. The van der Waals surface area contributed by atoms with Crippen LogP contribution < -0.4 is 4.74 Å². The molecule has 1 aliphatic heterocycles. The summed E-state index contributed by atoms with van der Waals surface area (Å²) < 4.78 is 5.77. The van der Waals surface area contributed by atoms with Crippen LogP contribution in [0, 0.1) is 6.92 Å². The SMILES string of the molecule is Cc1cccc(CN2CCN(C(=O)c3ccc(COc4cccc(Cl)c4)cc3)CC2)c1. The van der Waals surface area contributed by atoms with Gasteiger partial charge in [0.15, 0.2) is 0 Å². The van der Waals surface area contributed by atoms with Gasteiger partial charge in [-0.15, -0.1) is 0 Å². The molecule has 4 nitrogen and oxygen atoms in total. The molecular weight excluding hydrogens is 408 g/mol. The molecule has 1 amide bonds. The summed E-state index contributed by atoms with van der Waals surface area (Å²) in [6, 6.07) is 23.6. The zero-order valence-electron chi connectivity index (χ0n) is 17.8. The van der Waals surface area contributed by atoms with E-state index in [1.807, 2.05) is 47.4 Å². The number of hydrogen-bond acceptors (Lipinski definition) is 3. The Bertz CT molecular complexity index is 1030. The number of nitrogens with zero attached hydrogens (tertiary/aromatic N) is 2. The van der Waals surface area contributed by atoms with Gasteiger partial charge in [-0.1, -0.05) is 59.6 Å². The lowest BCUT2D eigenvalue weighted by Crippen LogP contribution is -2.48. The van der Waals surface area contributed by atoms with Crippen LogP contribution in [-0.4, -0.2) is 41.9 Å². The highest BCUT2D eigenvalue weighted by atomic mass is 35.5. The van der Waals surface area contributed by atoms with E-state index >= 15 is 0 Å². The Balaban J connectivity index is 1.27. The quantitative estimate of drug-likeness (QED) is 0.535. The second-order valence-corrected chi connectivity index (χ2v) is 8.44. The summed E-state index contributed by atoms with van der Waals surface area (Å²) in [5, 5.41) is 0.650. The van der Waals surface area contributed by atoms with E-state index in [-0.39, 0.29) is 5.91 Å². The van der Waals surface area contributed by atoms with E-state index in [2.05, 4.69) is 36.1 Å². The molecule has 1 heterocycles. The van der Waals surface area contributed by atoms with E-state index in [1.54, 1.807) is 6.07 Å². The molecule has 3 aromatic rings. The first-order chi connectivity index (χ1) is 15.1. The van der Waals surface area contributed by atoms with Gasteiger partial charge >= 0.3 is 0 Å². The maximum absolute atomic E-state index is 12.9. The van der Waals surface area contributed by atoms with Crippen LogP contribution in [0.4, 0.5) is 0 Å². The van der Waals surface area contributed by atoms with Crippen LogP contribution >= 0.6 is 11.6 Å². The summed E-state index contributed by atoms with van der Waals surface area (Å²) in [6.45, 7) is 6.79. The van der Waals surface area contributed by atoms with Gasteiger partial charge in [0, 0.05) is 43.3 Å². The van der Waals surface area contributed by atoms with Crippen molar-refractivity contribution in [1.82, 2.24) is 9.80 Å². The van der Waals surface area contributed by atoms with Gasteiger partial charge in [0.2, 0.25) is 0 Å². The summed E-state index contributed by atoms with van der Waals surface area (Å²) in [7, 11) is 0. The third kappa shape index (κ3) is 5.87. The van der Waals surface area contributed by atoms with E-state index in [9.17, 15) is 4.79 Å². The molecule has 31 heavy (non-hydrogen) atoms. The Hall–Kier alpha value is -2.82. The molecule has 160 valence electrons. The Morgan fingerprint density at radius 2 is 1.65 bits per heavy atom. The van der Waals surface area contributed by atoms with Crippen molar-refractivity contribution in [1.29, 1.82) is 0 Å². The predicted octanol–water partition coefficient (Wildman–Crippen LogP) is 5.19. The van der Waals surface area contributed by atoms with E-state index in [0.717, 1.165) is 49.6 Å². The molecule has 0 aliphatic carbocycles. The number of rotatable bonds is 6. The maximum Gasteiger partial charge on any atom is 0.253 e. The molecule has 0 spiro atoms. The van der Waals surface area contributed by atoms with Gasteiger partial charge in [-0.25, -0.2) is 0 Å². The molecule has 5 heteroatoms. The first-order valence-electron chi connectivity index (χ1n) is 10.6. The average Bonchev–Trinajstić information content (AvgIpc) is 2.78. The number of carbonyl (C=O) groups excluding carboxylic acids is 1. The molecule has 1 fully saturated rings. The predicted molar refractivity (Wildman–Crippen MR) is 125 cm³/mol. The van der Waals surface area contributed by atoms with Crippen molar-refractivity contribution < 1.29 is 9.53 Å². The fourth-order valence-corrected chi connectivity index (χ4v) is 4.01. The minimum absolute atomic E-state index is 0.0949. The smallest absolute Gasteiger partial charge is 0.253 e. The van der Waals surface area contributed by atoms with Gasteiger partial charge in [-0.2, -0.15) is 0 Å². The van der Waals surface area contributed by atoms with Crippen molar-refractivity contribution in [3.8, 4) is 5.75 Å². The summed E-state index contributed by atoms with van der Waals surface area (Å²) in [5.41, 5.74) is 4.35. The van der Waals surface area contributed by atoms with E-state index in [1.165, 1.54) is 11.1 Å². The number of carbonyl (C=O) groups is 1. The Labute approximate surface area is 189 Å². The maximum atomic E-state index is 12.9. The van der Waals surface area contributed by atoms with Crippen LogP contribution in [0.25, 0.3) is 0 Å². The molecule has 1 saturated heterocycles. The molecule has 0 saturated carbocycles. The second-order valence-electron chi connectivity index (χ2n) is 8.00. The number of ether oxygens (including phenoxy) is 1. The van der Waals surface area contributed by atoms with Crippen LogP contribution in [-0.2, 0) is 13.2 Å². The normalized spacial score (nSPS) is 14.5. The van der Waals surface area contributed by atoms with Crippen molar-refractivity contribution in [2.75, 3.05) is 26.2 Å². The number of hydrogen-bond donors (Lipinski definition) is 0. The zero-order valence-corrected chi connectivity index (χ0v) is 18.5.